The quantitative estimate of drug-likeness (QED) is 0.211. The highest BCUT2D eigenvalue weighted by atomic mass is 19.1. The molecule has 5 aromatic rings. The van der Waals surface area contributed by atoms with Crippen molar-refractivity contribution in [2.75, 3.05) is 11.9 Å². The van der Waals surface area contributed by atoms with Gasteiger partial charge < -0.3 is 15.2 Å². The maximum atomic E-state index is 14.3. The maximum Gasteiger partial charge on any atom is 0.326 e. The van der Waals surface area contributed by atoms with Crippen molar-refractivity contribution in [2.24, 2.45) is 0 Å². The zero-order valence-electron chi connectivity index (χ0n) is 21.8. The number of nitriles is 1. The summed E-state index contributed by atoms with van der Waals surface area (Å²) >= 11 is 0. The molecule has 1 atom stereocenters. The highest BCUT2D eigenvalue weighted by Gasteiger charge is 2.24. The van der Waals surface area contributed by atoms with Crippen molar-refractivity contribution in [1.82, 2.24) is 4.98 Å². The van der Waals surface area contributed by atoms with Crippen LogP contribution in [-0.4, -0.2) is 28.7 Å². The Morgan fingerprint density at radius 1 is 1.00 bits per heavy atom. The van der Waals surface area contributed by atoms with E-state index in [4.69, 9.17) is 9.72 Å². The summed E-state index contributed by atoms with van der Waals surface area (Å²) in [5.41, 5.74) is 4.53. The van der Waals surface area contributed by atoms with E-state index in [-0.39, 0.29) is 17.7 Å². The molecule has 0 aliphatic heterocycles. The number of pyridine rings is 1. The van der Waals surface area contributed by atoms with Crippen molar-refractivity contribution in [1.29, 1.82) is 5.26 Å². The Morgan fingerprint density at radius 3 is 2.40 bits per heavy atom. The van der Waals surface area contributed by atoms with Crippen molar-refractivity contribution in [3.63, 3.8) is 0 Å². The summed E-state index contributed by atoms with van der Waals surface area (Å²) in [5, 5.41) is 23.7. The molecule has 0 radical (unpaired) electrons. The van der Waals surface area contributed by atoms with Gasteiger partial charge in [0, 0.05) is 22.9 Å². The fraction of sp³-hybridized carbons (Fsp3) is 0.121. The van der Waals surface area contributed by atoms with Crippen LogP contribution in [0, 0.1) is 17.1 Å². The molecular formula is C33H26FN3O3. The molecule has 0 fully saturated rings. The summed E-state index contributed by atoms with van der Waals surface area (Å²) in [4.78, 5) is 17.0. The van der Waals surface area contributed by atoms with Gasteiger partial charge in [0.2, 0.25) is 0 Å². The number of anilines is 1. The predicted molar refractivity (Wildman–Crippen MR) is 154 cm³/mol. The van der Waals surface area contributed by atoms with Gasteiger partial charge in [-0.3, -0.25) is 0 Å². The second-order valence-electron chi connectivity index (χ2n) is 9.22. The molecule has 0 amide bonds. The predicted octanol–water partition coefficient (Wildman–Crippen LogP) is 7.09. The molecule has 1 aromatic heterocycles. The van der Waals surface area contributed by atoms with Crippen LogP contribution < -0.4 is 10.1 Å². The summed E-state index contributed by atoms with van der Waals surface area (Å²) in [6.07, 6.45) is 0.170. The van der Waals surface area contributed by atoms with Crippen LogP contribution in [-0.2, 0) is 11.2 Å². The number of hydrogen-bond donors (Lipinski definition) is 2. The number of carboxylic acids is 1. The van der Waals surface area contributed by atoms with Crippen LogP contribution in [0.15, 0.2) is 97.1 Å². The molecule has 0 spiro atoms. The third-order valence-electron chi connectivity index (χ3n) is 6.61. The minimum absolute atomic E-state index is 0.139. The van der Waals surface area contributed by atoms with Gasteiger partial charge >= 0.3 is 5.97 Å². The largest absolute Gasteiger partial charge is 0.493 e. The van der Waals surface area contributed by atoms with E-state index in [1.807, 2.05) is 85.8 Å². The first-order valence-electron chi connectivity index (χ1n) is 12.9. The standard InChI is InChI=1S/C33H26FN3O3/c1-2-40-30-11-7-6-10-25(30)22-12-14-23(15-13-22)31-27(20-35)32(26-19-24(34)16-17-28(26)36-31)37-29(33(38)39)18-21-8-4-3-5-9-21/h3-17,19,29H,2,18H2,1H3,(H,36,37)(H,38,39). The number of benzene rings is 4. The molecule has 1 heterocycles. The van der Waals surface area contributed by atoms with E-state index < -0.39 is 17.8 Å². The van der Waals surface area contributed by atoms with Crippen molar-refractivity contribution in [3.05, 3.63) is 114 Å². The molecule has 0 aliphatic carbocycles. The number of ether oxygens (including phenoxy) is 1. The smallest absolute Gasteiger partial charge is 0.326 e. The van der Waals surface area contributed by atoms with E-state index in [1.165, 1.54) is 18.2 Å². The zero-order chi connectivity index (χ0) is 28.1. The number of rotatable bonds is 9. The van der Waals surface area contributed by atoms with Crippen LogP contribution in [0.4, 0.5) is 10.1 Å². The van der Waals surface area contributed by atoms with E-state index in [2.05, 4.69) is 11.4 Å². The number of aliphatic carboxylic acids is 1. The molecule has 198 valence electrons. The molecule has 1 unspecified atom stereocenters. The van der Waals surface area contributed by atoms with Crippen LogP contribution in [0.2, 0.25) is 0 Å². The SMILES string of the molecule is CCOc1ccccc1-c1ccc(-c2nc3ccc(F)cc3c(NC(Cc3ccccc3)C(=O)O)c2C#N)cc1. The summed E-state index contributed by atoms with van der Waals surface area (Å²) in [5.74, 6) is -0.833. The Hall–Kier alpha value is -5.22. The minimum Gasteiger partial charge on any atom is -0.493 e. The number of nitrogens with zero attached hydrogens (tertiary/aromatic N) is 2. The van der Waals surface area contributed by atoms with Gasteiger partial charge in [0.25, 0.3) is 0 Å². The number of nitrogens with one attached hydrogen (secondary N) is 1. The first-order valence-corrected chi connectivity index (χ1v) is 12.9. The first-order chi connectivity index (χ1) is 19.5. The van der Waals surface area contributed by atoms with Gasteiger partial charge in [0.05, 0.1) is 23.5 Å². The van der Waals surface area contributed by atoms with E-state index in [1.54, 1.807) is 0 Å². The first kappa shape index (κ1) is 26.4. The number of fused-ring (bicyclic) bond motifs is 1. The van der Waals surface area contributed by atoms with E-state index in [9.17, 15) is 19.6 Å². The monoisotopic (exact) mass is 531 g/mol. The third kappa shape index (κ3) is 5.47. The fourth-order valence-corrected chi connectivity index (χ4v) is 4.72. The molecule has 0 aliphatic rings. The Kier molecular flexibility index (Phi) is 7.70. The van der Waals surface area contributed by atoms with Gasteiger partial charge in [0.1, 0.15) is 29.2 Å². The lowest BCUT2D eigenvalue weighted by atomic mass is 9.97. The number of hydrogen-bond acceptors (Lipinski definition) is 5. The van der Waals surface area contributed by atoms with Crippen LogP contribution in [0.5, 0.6) is 5.75 Å². The van der Waals surface area contributed by atoms with Gasteiger partial charge in [-0.15, -0.1) is 0 Å². The topological polar surface area (TPSA) is 95.2 Å². The van der Waals surface area contributed by atoms with Crippen molar-refractivity contribution >= 4 is 22.6 Å². The Bertz CT molecular complexity index is 1710. The molecule has 0 bridgehead atoms. The highest BCUT2D eigenvalue weighted by molar-refractivity contribution is 5.99. The zero-order valence-corrected chi connectivity index (χ0v) is 21.8. The number of carbonyl (C=O) groups is 1. The normalized spacial score (nSPS) is 11.5. The summed E-state index contributed by atoms with van der Waals surface area (Å²) in [6.45, 7) is 2.47. The van der Waals surface area contributed by atoms with Crippen LogP contribution in [0.25, 0.3) is 33.3 Å². The van der Waals surface area contributed by atoms with Crippen LogP contribution in [0.3, 0.4) is 0 Å². The van der Waals surface area contributed by atoms with E-state index >= 15 is 0 Å². The fourth-order valence-electron chi connectivity index (χ4n) is 4.72. The van der Waals surface area contributed by atoms with Crippen LogP contribution >= 0.6 is 0 Å². The van der Waals surface area contributed by atoms with Crippen molar-refractivity contribution in [2.45, 2.75) is 19.4 Å². The second-order valence-corrected chi connectivity index (χ2v) is 9.22. The lowest BCUT2D eigenvalue weighted by molar-refractivity contribution is -0.137. The molecule has 0 saturated heterocycles. The Morgan fingerprint density at radius 2 is 1.70 bits per heavy atom. The molecule has 40 heavy (non-hydrogen) atoms. The molecule has 4 aromatic carbocycles. The number of para-hydroxylation sites is 1. The van der Waals surface area contributed by atoms with Gasteiger partial charge in [-0.05, 0) is 42.3 Å². The lowest BCUT2D eigenvalue weighted by Crippen LogP contribution is -2.32. The number of aromatic nitrogens is 1. The summed E-state index contributed by atoms with van der Waals surface area (Å²) in [7, 11) is 0. The molecule has 0 saturated carbocycles. The van der Waals surface area contributed by atoms with Gasteiger partial charge in [-0.25, -0.2) is 14.2 Å². The summed E-state index contributed by atoms with van der Waals surface area (Å²) in [6, 6.07) is 29.7. The summed E-state index contributed by atoms with van der Waals surface area (Å²) < 4.78 is 20.1. The Labute approximate surface area is 231 Å². The molecule has 5 rings (SSSR count). The van der Waals surface area contributed by atoms with Gasteiger partial charge in [-0.1, -0.05) is 72.8 Å². The Balaban J connectivity index is 1.61. The van der Waals surface area contributed by atoms with Gasteiger partial charge in [-0.2, -0.15) is 5.26 Å². The van der Waals surface area contributed by atoms with Crippen LogP contribution in [0.1, 0.15) is 18.1 Å². The average molecular weight is 532 g/mol. The maximum absolute atomic E-state index is 14.3. The molecular weight excluding hydrogens is 505 g/mol. The average Bonchev–Trinajstić information content (AvgIpc) is 2.97. The lowest BCUT2D eigenvalue weighted by Gasteiger charge is -2.20. The van der Waals surface area contributed by atoms with Crippen molar-refractivity contribution < 1.29 is 19.0 Å². The highest BCUT2D eigenvalue weighted by Crippen LogP contribution is 2.36. The second kappa shape index (κ2) is 11.7. The van der Waals surface area contributed by atoms with E-state index in [0.29, 0.717) is 28.8 Å². The van der Waals surface area contributed by atoms with Crippen molar-refractivity contribution in [3.8, 4) is 34.2 Å². The number of halogens is 1. The van der Waals surface area contributed by atoms with Gasteiger partial charge in [0.15, 0.2) is 0 Å². The molecule has 2 N–H and O–H groups in total. The molecule has 6 nitrogen and oxygen atoms in total. The van der Waals surface area contributed by atoms with E-state index in [0.717, 1.165) is 22.4 Å². The number of carboxylic acid groups (broad SMARTS) is 1. The minimum atomic E-state index is -1.09. The third-order valence-corrected chi connectivity index (χ3v) is 6.61. The molecule has 7 heteroatoms.